The molecule has 1 aliphatic heterocycles. The highest BCUT2D eigenvalue weighted by Crippen LogP contribution is 2.41. The fourth-order valence-electron chi connectivity index (χ4n) is 3.10. The molecule has 0 aliphatic carbocycles. The topological polar surface area (TPSA) is 60.5 Å². The van der Waals surface area contributed by atoms with Gasteiger partial charge >= 0.3 is 0 Å². The number of carbonyl (C=O) groups excluding carboxylic acids is 1. The van der Waals surface area contributed by atoms with Crippen molar-refractivity contribution in [3.8, 4) is 22.1 Å². The Morgan fingerprint density at radius 2 is 2.07 bits per heavy atom. The number of amides is 1. The van der Waals surface area contributed by atoms with Crippen molar-refractivity contribution in [2.45, 2.75) is 25.9 Å². The summed E-state index contributed by atoms with van der Waals surface area (Å²) in [6, 6.07) is 13.4. The molecule has 4 rings (SSSR count). The Balaban J connectivity index is 1.36. The van der Waals surface area contributed by atoms with Gasteiger partial charge in [0.2, 0.25) is 0 Å². The van der Waals surface area contributed by atoms with Gasteiger partial charge in [0, 0.05) is 34.8 Å². The Kier molecular flexibility index (Phi) is 4.58. The van der Waals surface area contributed by atoms with E-state index in [1.165, 1.54) is 0 Å². The second kappa shape index (κ2) is 7.04. The summed E-state index contributed by atoms with van der Waals surface area (Å²) in [6.07, 6.45) is 2.61. The van der Waals surface area contributed by atoms with Gasteiger partial charge in [-0.2, -0.15) is 0 Å². The number of hydrogen-bond donors (Lipinski definition) is 1. The Hall–Kier alpha value is -2.86. The van der Waals surface area contributed by atoms with E-state index in [4.69, 9.17) is 9.47 Å². The highest BCUT2D eigenvalue weighted by Gasteiger charge is 2.32. The summed E-state index contributed by atoms with van der Waals surface area (Å²) >= 11 is 1.58. The average Bonchev–Trinajstić information content (AvgIpc) is 3.27. The van der Waals surface area contributed by atoms with Gasteiger partial charge in [-0.1, -0.05) is 12.1 Å². The molecule has 5 nitrogen and oxygen atoms in total. The standard InChI is InChI=1S/C21H20N2O3S/c1-21(2)12-15-4-3-5-17(19(15)26-21)25-13-18(24)23-16-8-6-14(7-9-16)20-22-10-11-27-20/h3-11H,12-13H2,1-2H3,(H,23,24). The van der Waals surface area contributed by atoms with Crippen LogP contribution in [0.4, 0.5) is 5.69 Å². The number of anilines is 1. The van der Waals surface area contributed by atoms with E-state index in [-0.39, 0.29) is 18.1 Å². The van der Waals surface area contributed by atoms with Crippen LogP contribution in [0.5, 0.6) is 11.5 Å². The molecule has 1 aliphatic rings. The van der Waals surface area contributed by atoms with E-state index in [1.54, 1.807) is 17.5 Å². The molecular weight excluding hydrogens is 360 g/mol. The summed E-state index contributed by atoms with van der Waals surface area (Å²) in [4.78, 5) is 16.5. The van der Waals surface area contributed by atoms with Crippen molar-refractivity contribution < 1.29 is 14.3 Å². The lowest BCUT2D eigenvalue weighted by Crippen LogP contribution is -2.25. The van der Waals surface area contributed by atoms with Crippen LogP contribution in [0, 0.1) is 0 Å². The number of para-hydroxylation sites is 1. The van der Waals surface area contributed by atoms with Crippen molar-refractivity contribution in [1.82, 2.24) is 4.98 Å². The summed E-state index contributed by atoms with van der Waals surface area (Å²) in [6.45, 7) is 4.01. The van der Waals surface area contributed by atoms with E-state index in [1.807, 2.05) is 61.7 Å². The van der Waals surface area contributed by atoms with Crippen molar-refractivity contribution in [2.75, 3.05) is 11.9 Å². The lowest BCUT2D eigenvalue weighted by Gasteiger charge is -2.18. The third kappa shape index (κ3) is 3.95. The Labute approximate surface area is 162 Å². The number of hydrogen-bond acceptors (Lipinski definition) is 5. The van der Waals surface area contributed by atoms with Crippen LogP contribution in [-0.4, -0.2) is 23.1 Å². The van der Waals surface area contributed by atoms with E-state index >= 15 is 0 Å². The number of fused-ring (bicyclic) bond motifs is 1. The second-order valence-corrected chi connectivity index (χ2v) is 7.93. The Bertz CT molecular complexity index is 950. The van der Waals surface area contributed by atoms with Crippen LogP contribution in [0.15, 0.2) is 54.0 Å². The molecule has 0 fully saturated rings. The molecule has 0 radical (unpaired) electrons. The number of benzene rings is 2. The number of carbonyl (C=O) groups is 1. The number of aromatic nitrogens is 1. The normalized spacial score (nSPS) is 14.3. The van der Waals surface area contributed by atoms with E-state index < -0.39 is 0 Å². The third-order valence-electron chi connectivity index (χ3n) is 4.26. The molecule has 2 heterocycles. The number of rotatable bonds is 5. The fraction of sp³-hybridized carbons (Fsp3) is 0.238. The number of ether oxygens (including phenoxy) is 2. The molecule has 2 aromatic carbocycles. The van der Waals surface area contributed by atoms with Gasteiger partial charge in [-0.3, -0.25) is 4.79 Å². The molecule has 0 bridgehead atoms. The van der Waals surface area contributed by atoms with Crippen LogP contribution >= 0.6 is 11.3 Å². The summed E-state index contributed by atoms with van der Waals surface area (Å²) in [5.41, 5.74) is 2.61. The van der Waals surface area contributed by atoms with Crippen LogP contribution < -0.4 is 14.8 Å². The van der Waals surface area contributed by atoms with Gasteiger partial charge in [0.25, 0.3) is 5.91 Å². The van der Waals surface area contributed by atoms with Crippen molar-refractivity contribution >= 4 is 22.9 Å². The van der Waals surface area contributed by atoms with Crippen LogP contribution in [0.1, 0.15) is 19.4 Å². The lowest BCUT2D eigenvalue weighted by molar-refractivity contribution is -0.118. The molecule has 0 spiro atoms. The molecule has 27 heavy (non-hydrogen) atoms. The molecule has 1 N–H and O–H groups in total. The molecule has 3 aromatic rings. The molecule has 1 aromatic heterocycles. The van der Waals surface area contributed by atoms with Crippen molar-refractivity contribution in [2.24, 2.45) is 0 Å². The summed E-state index contributed by atoms with van der Waals surface area (Å²) in [5, 5.41) is 5.74. The largest absolute Gasteiger partial charge is 0.483 e. The maximum atomic E-state index is 12.2. The van der Waals surface area contributed by atoms with Gasteiger partial charge in [0.15, 0.2) is 18.1 Å². The average molecular weight is 380 g/mol. The van der Waals surface area contributed by atoms with Crippen molar-refractivity contribution in [1.29, 1.82) is 0 Å². The van der Waals surface area contributed by atoms with Gasteiger partial charge < -0.3 is 14.8 Å². The zero-order chi connectivity index (χ0) is 18.9. The first kappa shape index (κ1) is 17.5. The maximum absolute atomic E-state index is 12.2. The van der Waals surface area contributed by atoms with E-state index in [9.17, 15) is 4.79 Å². The van der Waals surface area contributed by atoms with Gasteiger partial charge in [-0.15, -0.1) is 11.3 Å². The number of nitrogens with one attached hydrogen (secondary N) is 1. The number of thiazole rings is 1. The van der Waals surface area contributed by atoms with Crippen LogP contribution in [0.3, 0.4) is 0 Å². The van der Waals surface area contributed by atoms with Crippen LogP contribution in [-0.2, 0) is 11.2 Å². The summed E-state index contributed by atoms with van der Waals surface area (Å²) in [5.74, 6) is 1.13. The first-order valence-corrected chi connectivity index (χ1v) is 9.62. The third-order valence-corrected chi connectivity index (χ3v) is 5.08. The lowest BCUT2D eigenvalue weighted by atomic mass is 10.0. The minimum atomic E-state index is -0.247. The predicted molar refractivity (Wildman–Crippen MR) is 107 cm³/mol. The zero-order valence-corrected chi connectivity index (χ0v) is 16.0. The van der Waals surface area contributed by atoms with E-state index in [0.29, 0.717) is 5.75 Å². The SMILES string of the molecule is CC1(C)Cc2cccc(OCC(=O)Nc3ccc(-c4nccs4)cc3)c2O1. The van der Waals surface area contributed by atoms with Crippen LogP contribution in [0.25, 0.3) is 10.6 Å². The minimum Gasteiger partial charge on any atom is -0.483 e. The maximum Gasteiger partial charge on any atom is 0.262 e. The first-order chi connectivity index (χ1) is 13.0. The number of nitrogens with zero attached hydrogens (tertiary/aromatic N) is 1. The highest BCUT2D eigenvalue weighted by molar-refractivity contribution is 7.13. The summed E-state index contributed by atoms with van der Waals surface area (Å²) in [7, 11) is 0. The summed E-state index contributed by atoms with van der Waals surface area (Å²) < 4.78 is 11.7. The monoisotopic (exact) mass is 380 g/mol. The van der Waals surface area contributed by atoms with E-state index in [2.05, 4.69) is 10.3 Å². The van der Waals surface area contributed by atoms with Gasteiger partial charge in [-0.25, -0.2) is 4.98 Å². The quantitative estimate of drug-likeness (QED) is 0.706. The smallest absolute Gasteiger partial charge is 0.262 e. The van der Waals surface area contributed by atoms with Crippen molar-refractivity contribution in [3.63, 3.8) is 0 Å². The van der Waals surface area contributed by atoms with Gasteiger partial charge in [-0.05, 0) is 44.2 Å². The molecular formula is C21H20N2O3S. The molecule has 1 amide bonds. The minimum absolute atomic E-state index is 0.0749. The fourth-order valence-corrected chi connectivity index (χ4v) is 3.75. The van der Waals surface area contributed by atoms with Gasteiger partial charge in [0.1, 0.15) is 10.6 Å². The molecule has 0 saturated heterocycles. The second-order valence-electron chi connectivity index (χ2n) is 7.03. The Morgan fingerprint density at radius 3 is 2.81 bits per heavy atom. The first-order valence-electron chi connectivity index (χ1n) is 8.74. The molecule has 0 saturated carbocycles. The Morgan fingerprint density at radius 1 is 1.26 bits per heavy atom. The predicted octanol–water partition coefficient (Wildman–Crippen LogP) is 4.54. The molecule has 0 unspecified atom stereocenters. The van der Waals surface area contributed by atoms with Gasteiger partial charge in [0.05, 0.1) is 0 Å². The highest BCUT2D eigenvalue weighted by atomic mass is 32.1. The molecule has 0 atom stereocenters. The van der Waals surface area contributed by atoms with Crippen LogP contribution in [0.2, 0.25) is 0 Å². The van der Waals surface area contributed by atoms with E-state index in [0.717, 1.165) is 34.0 Å². The van der Waals surface area contributed by atoms with Crippen molar-refractivity contribution in [3.05, 3.63) is 59.6 Å². The molecule has 6 heteroatoms. The molecule has 138 valence electrons. The zero-order valence-electron chi connectivity index (χ0n) is 15.2.